The smallest absolute Gasteiger partial charge is 0.260 e. The lowest BCUT2D eigenvalue weighted by Gasteiger charge is -2.33. The molecule has 0 radical (unpaired) electrons. The highest BCUT2D eigenvalue weighted by Crippen LogP contribution is 2.44. The fraction of sp³-hybridized carbons (Fsp3) is 0.556. The van der Waals surface area contributed by atoms with Crippen LogP contribution in [0.4, 0.5) is 5.69 Å². The summed E-state index contributed by atoms with van der Waals surface area (Å²) in [5.41, 5.74) is 16.4. The first-order chi connectivity index (χ1) is 10.7. The van der Waals surface area contributed by atoms with Crippen molar-refractivity contribution in [1.29, 1.82) is 0 Å². The summed E-state index contributed by atoms with van der Waals surface area (Å²) in [4.78, 5) is 17.9. The molecule has 5 heteroatoms. The van der Waals surface area contributed by atoms with E-state index < -0.39 is 5.91 Å². The van der Waals surface area contributed by atoms with Gasteiger partial charge in [-0.3, -0.25) is 4.79 Å². The number of nitrogen functional groups attached to an aromatic ring is 1. The number of primary amides is 1. The Balaban J connectivity index is 2.30. The van der Waals surface area contributed by atoms with Crippen molar-refractivity contribution in [2.24, 2.45) is 17.1 Å². The molecule has 2 aromatic rings. The summed E-state index contributed by atoms with van der Waals surface area (Å²) in [6.45, 7) is 9.01. The van der Waals surface area contributed by atoms with Crippen LogP contribution >= 0.6 is 11.3 Å². The lowest BCUT2D eigenvalue weighted by molar-refractivity contribution is 0.100. The third kappa shape index (κ3) is 2.82. The minimum absolute atomic E-state index is 0.248. The number of anilines is 1. The zero-order chi connectivity index (χ0) is 16.9. The van der Waals surface area contributed by atoms with E-state index >= 15 is 0 Å². The number of carbonyl (C=O) groups excluding carboxylic acids is 1. The lowest BCUT2D eigenvalue weighted by Crippen LogP contribution is -2.24. The van der Waals surface area contributed by atoms with Crippen LogP contribution in [0, 0.1) is 11.3 Å². The Bertz CT molecular complexity index is 789. The zero-order valence-electron chi connectivity index (χ0n) is 14.3. The maximum absolute atomic E-state index is 11.7. The van der Waals surface area contributed by atoms with E-state index in [0.29, 0.717) is 16.5 Å². The number of fused-ring (bicyclic) bond motifs is 3. The molecule has 1 aliphatic carbocycles. The highest BCUT2D eigenvalue weighted by Gasteiger charge is 2.31. The first-order valence-electron chi connectivity index (χ1n) is 8.22. The van der Waals surface area contributed by atoms with Crippen molar-refractivity contribution in [3.8, 4) is 0 Å². The topological polar surface area (TPSA) is 82.0 Å². The van der Waals surface area contributed by atoms with Gasteiger partial charge in [-0.15, -0.1) is 11.3 Å². The summed E-state index contributed by atoms with van der Waals surface area (Å²) in [6.07, 6.45) is 4.13. The normalized spacial score (nSPS) is 16.7. The van der Waals surface area contributed by atoms with E-state index in [1.54, 1.807) is 0 Å². The Morgan fingerprint density at radius 1 is 1.35 bits per heavy atom. The van der Waals surface area contributed by atoms with Crippen molar-refractivity contribution in [2.45, 2.75) is 53.4 Å². The fourth-order valence-corrected chi connectivity index (χ4v) is 4.57. The molecule has 0 fully saturated rings. The van der Waals surface area contributed by atoms with Crippen LogP contribution in [0.5, 0.6) is 0 Å². The molecule has 2 heterocycles. The molecule has 0 spiro atoms. The van der Waals surface area contributed by atoms with Crippen LogP contribution in [-0.2, 0) is 19.3 Å². The van der Waals surface area contributed by atoms with E-state index in [9.17, 15) is 4.79 Å². The highest BCUT2D eigenvalue weighted by molar-refractivity contribution is 7.21. The number of pyridine rings is 1. The molecule has 0 saturated carbocycles. The Morgan fingerprint density at radius 3 is 2.65 bits per heavy atom. The van der Waals surface area contributed by atoms with Crippen LogP contribution < -0.4 is 11.5 Å². The second kappa shape index (κ2) is 5.48. The van der Waals surface area contributed by atoms with Gasteiger partial charge in [0, 0.05) is 11.1 Å². The number of nitrogens with two attached hydrogens (primary N) is 2. The van der Waals surface area contributed by atoms with Crippen molar-refractivity contribution >= 4 is 33.1 Å². The van der Waals surface area contributed by atoms with Crippen molar-refractivity contribution in [3.05, 3.63) is 21.7 Å². The summed E-state index contributed by atoms with van der Waals surface area (Å²) in [5.74, 6) is 0.0895. The van der Waals surface area contributed by atoms with Crippen molar-refractivity contribution in [3.63, 3.8) is 0 Å². The SMILES string of the molecule is CC(C)Cc1nc2sc(C(N)=O)c(N)c2c2c1CCC(C)(C)C2. The first-order valence-corrected chi connectivity index (χ1v) is 9.03. The second-order valence-corrected chi connectivity index (χ2v) is 8.84. The minimum Gasteiger partial charge on any atom is -0.397 e. The quantitative estimate of drug-likeness (QED) is 0.900. The summed E-state index contributed by atoms with van der Waals surface area (Å²) < 4.78 is 0. The molecule has 1 amide bonds. The number of hydrogen-bond acceptors (Lipinski definition) is 4. The molecular weight excluding hydrogens is 306 g/mol. The predicted molar refractivity (Wildman–Crippen MR) is 96.9 cm³/mol. The summed E-state index contributed by atoms with van der Waals surface area (Å²) >= 11 is 1.34. The van der Waals surface area contributed by atoms with Crippen LogP contribution in [0.1, 0.15) is 60.6 Å². The highest BCUT2D eigenvalue weighted by atomic mass is 32.1. The maximum atomic E-state index is 11.7. The molecule has 3 rings (SSSR count). The Morgan fingerprint density at radius 2 is 2.04 bits per heavy atom. The largest absolute Gasteiger partial charge is 0.397 e. The van der Waals surface area contributed by atoms with Crippen molar-refractivity contribution in [2.75, 3.05) is 5.73 Å². The number of amides is 1. The van der Waals surface area contributed by atoms with Gasteiger partial charge in [0.25, 0.3) is 5.91 Å². The Hall–Kier alpha value is -1.62. The van der Waals surface area contributed by atoms with Gasteiger partial charge in [0.2, 0.25) is 0 Å². The molecule has 124 valence electrons. The maximum Gasteiger partial charge on any atom is 0.260 e. The van der Waals surface area contributed by atoms with Gasteiger partial charge in [0.15, 0.2) is 0 Å². The van der Waals surface area contributed by atoms with Gasteiger partial charge in [0.1, 0.15) is 9.71 Å². The van der Waals surface area contributed by atoms with Gasteiger partial charge in [-0.25, -0.2) is 4.98 Å². The molecule has 4 N–H and O–H groups in total. The van der Waals surface area contributed by atoms with E-state index in [-0.39, 0.29) is 5.41 Å². The van der Waals surface area contributed by atoms with Gasteiger partial charge in [-0.1, -0.05) is 27.7 Å². The molecule has 23 heavy (non-hydrogen) atoms. The average molecular weight is 331 g/mol. The lowest BCUT2D eigenvalue weighted by atomic mass is 9.73. The van der Waals surface area contributed by atoms with Crippen molar-refractivity contribution in [1.82, 2.24) is 4.98 Å². The molecule has 2 aromatic heterocycles. The molecule has 0 saturated heterocycles. The van der Waals surface area contributed by atoms with Crippen LogP contribution in [0.25, 0.3) is 10.2 Å². The molecule has 0 aromatic carbocycles. The first kappa shape index (κ1) is 16.2. The molecule has 0 bridgehead atoms. The van der Waals surface area contributed by atoms with E-state index in [4.69, 9.17) is 16.5 Å². The minimum atomic E-state index is -0.459. The summed E-state index contributed by atoms with van der Waals surface area (Å²) in [5, 5.41) is 0.971. The average Bonchev–Trinajstić information content (AvgIpc) is 2.74. The Kier molecular flexibility index (Phi) is 3.87. The third-order valence-corrected chi connectivity index (χ3v) is 5.82. The molecular formula is C18H25N3OS. The summed E-state index contributed by atoms with van der Waals surface area (Å²) in [6, 6.07) is 0. The fourth-order valence-electron chi connectivity index (χ4n) is 3.58. The zero-order valence-corrected chi connectivity index (χ0v) is 15.1. The van der Waals surface area contributed by atoms with Gasteiger partial charge in [-0.2, -0.15) is 0 Å². The molecule has 0 atom stereocenters. The number of carbonyl (C=O) groups is 1. The second-order valence-electron chi connectivity index (χ2n) is 7.84. The van der Waals surface area contributed by atoms with E-state index in [1.165, 1.54) is 28.2 Å². The van der Waals surface area contributed by atoms with E-state index in [1.807, 2.05) is 0 Å². The molecule has 4 nitrogen and oxygen atoms in total. The van der Waals surface area contributed by atoms with Crippen LogP contribution in [0.2, 0.25) is 0 Å². The predicted octanol–water partition coefficient (Wildman–Crippen LogP) is 3.69. The van der Waals surface area contributed by atoms with Crippen LogP contribution in [-0.4, -0.2) is 10.9 Å². The van der Waals surface area contributed by atoms with Gasteiger partial charge in [0.05, 0.1) is 5.69 Å². The molecule has 0 aliphatic heterocycles. The standard InChI is InChI=1S/C18H25N3OS/c1-9(2)7-12-10-5-6-18(3,4)8-11(10)13-14(19)15(16(20)22)23-17(13)21-12/h9H,5-8,19H2,1-4H3,(H2,20,22). The van der Waals surface area contributed by atoms with Crippen molar-refractivity contribution < 1.29 is 4.79 Å². The number of hydrogen-bond donors (Lipinski definition) is 2. The summed E-state index contributed by atoms with van der Waals surface area (Å²) in [7, 11) is 0. The van der Waals surface area contributed by atoms with Gasteiger partial charge < -0.3 is 11.5 Å². The van der Waals surface area contributed by atoms with Crippen LogP contribution in [0.15, 0.2) is 0 Å². The third-order valence-electron chi connectivity index (χ3n) is 4.71. The number of rotatable bonds is 3. The Labute approximate surface area is 141 Å². The van der Waals surface area contributed by atoms with Gasteiger partial charge >= 0.3 is 0 Å². The van der Waals surface area contributed by atoms with E-state index in [0.717, 1.165) is 35.9 Å². The number of aromatic nitrogens is 1. The number of thiophene rings is 1. The monoisotopic (exact) mass is 331 g/mol. The van der Waals surface area contributed by atoms with E-state index in [2.05, 4.69) is 27.7 Å². The molecule has 1 aliphatic rings. The van der Waals surface area contributed by atoms with Crippen LogP contribution in [0.3, 0.4) is 0 Å². The molecule has 0 unspecified atom stereocenters. The van der Waals surface area contributed by atoms with Gasteiger partial charge in [-0.05, 0) is 48.1 Å². The number of nitrogens with zero attached hydrogens (tertiary/aromatic N) is 1.